The number of hydrogen-bond donors (Lipinski definition) is 4. The van der Waals surface area contributed by atoms with Crippen LogP contribution >= 0.6 is 0 Å². The van der Waals surface area contributed by atoms with Crippen molar-refractivity contribution in [1.29, 1.82) is 0 Å². The summed E-state index contributed by atoms with van der Waals surface area (Å²) in [6.45, 7) is 2.91. The predicted molar refractivity (Wildman–Crippen MR) is 71.5 cm³/mol. The molecule has 0 amide bonds. The molecule has 19 heavy (non-hydrogen) atoms. The standard InChI is InChI=1S/C13H20FN3O2/c1-2-11(18)5-6-16-8-10-4-3-9(7-12(10)14)13(15)17-19/h3-4,7,11,16,18-19H,2,5-6,8H2,1H3,(H2,15,17). The lowest BCUT2D eigenvalue weighted by Crippen LogP contribution is -2.20. The number of aliphatic hydroxyl groups excluding tert-OH is 1. The van der Waals surface area contributed by atoms with Gasteiger partial charge in [0, 0.05) is 17.7 Å². The lowest BCUT2D eigenvalue weighted by molar-refractivity contribution is 0.159. The second-order valence-electron chi connectivity index (χ2n) is 4.32. The van der Waals surface area contributed by atoms with Gasteiger partial charge >= 0.3 is 0 Å². The predicted octanol–water partition coefficient (Wildman–Crippen LogP) is 1.17. The Hall–Kier alpha value is -1.66. The number of oxime groups is 1. The molecule has 0 saturated carbocycles. The molecular formula is C13H20FN3O2. The van der Waals surface area contributed by atoms with Crippen LogP contribution in [0.15, 0.2) is 23.4 Å². The number of rotatable bonds is 7. The molecule has 5 nitrogen and oxygen atoms in total. The minimum absolute atomic E-state index is 0.121. The van der Waals surface area contributed by atoms with Crippen LogP contribution in [0.2, 0.25) is 0 Å². The van der Waals surface area contributed by atoms with E-state index in [1.807, 2.05) is 6.92 Å². The Morgan fingerprint density at radius 2 is 2.26 bits per heavy atom. The maximum absolute atomic E-state index is 13.7. The Labute approximate surface area is 111 Å². The summed E-state index contributed by atoms with van der Waals surface area (Å²) in [4.78, 5) is 0. The number of benzene rings is 1. The van der Waals surface area contributed by atoms with Crippen molar-refractivity contribution in [2.45, 2.75) is 32.4 Å². The third-order valence-corrected chi connectivity index (χ3v) is 2.90. The Morgan fingerprint density at radius 3 is 2.84 bits per heavy atom. The topological polar surface area (TPSA) is 90.9 Å². The zero-order chi connectivity index (χ0) is 14.3. The van der Waals surface area contributed by atoms with Crippen LogP contribution < -0.4 is 11.1 Å². The summed E-state index contributed by atoms with van der Waals surface area (Å²) in [7, 11) is 0. The van der Waals surface area contributed by atoms with Gasteiger partial charge in [-0.1, -0.05) is 24.2 Å². The van der Waals surface area contributed by atoms with Gasteiger partial charge in [0.25, 0.3) is 0 Å². The highest BCUT2D eigenvalue weighted by molar-refractivity contribution is 5.97. The Morgan fingerprint density at radius 1 is 1.53 bits per heavy atom. The first-order chi connectivity index (χ1) is 9.08. The molecule has 0 aliphatic carbocycles. The number of aliphatic hydroxyl groups is 1. The molecule has 6 heteroatoms. The van der Waals surface area contributed by atoms with Crippen LogP contribution in [0.5, 0.6) is 0 Å². The summed E-state index contributed by atoms with van der Waals surface area (Å²) in [5.41, 5.74) is 6.21. The smallest absolute Gasteiger partial charge is 0.170 e. The van der Waals surface area contributed by atoms with E-state index >= 15 is 0 Å². The Kier molecular flexibility index (Phi) is 6.24. The van der Waals surface area contributed by atoms with Gasteiger partial charge in [-0.05, 0) is 25.5 Å². The van der Waals surface area contributed by atoms with Gasteiger partial charge in [0.15, 0.2) is 5.84 Å². The summed E-state index contributed by atoms with van der Waals surface area (Å²) in [5, 5.41) is 23.7. The van der Waals surface area contributed by atoms with E-state index in [0.717, 1.165) is 0 Å². The highest BCUT2D eigenvalue weighted by atomic mass is 19.1. The Balaban J connectivity index is 2.51. The van der Waals surface area contributed by atoms with E-state index in [2.05, 4.69) is 10.5 Å². The summed E-state index contributed by atoms with van der Waals surface area (Å²) in [6.07, 6.45) is 1.03. The summed E-state index contributed by atoms with van der Waals surface area (Å²) in [5.74, 6) is -0.530. The number of nitrogens with two attached hydrogens (primary N) is 1. The van der Waals surface area contributed by atoms with Crippen molar-refractivity contribution in [2.24, 2.45) is 10.9 Å². The highest BCUT2D eigenvalue weighted by Gasteiger charge is 2.06. The molecule has 0 aliphatic rings. The molecular weight excluding hydrogens is 249 g/mol. The van der Waals surface area contributed by atoms with E-state index in [1.165, 1.54) is 6.07 Å². The molecule has 0 bridgehead atoms. The normalized spacial score (nSPS) is 13.5. The van der Waals surface area contributed by atoms with Gasteiger partial charge in [0.1, 0.15) is 5.82 Å². The molecule has 1 aromatic rings. The Bertz CT molecular complexity index is 438. The zero-order valence-corrected chi connectivity index (χ0v) is 10.9. The lowest BCUT2D eigenvalue weighted by atomic mass is 10.1. The minimum atomic E-state index is -0.410. The van der Waals surface area contributed by atoms with Crippen molar-refractivity contribution in [3.63, 3.8) is 0 Å². The fourth-order valence-corrected chi connectivity index (χ4v) is 1.60. The molecule has 1 atom stereocenters. The van der Waals surface area contributed by atoms with Gasteiger partial charge in [-0.3, -0.25) is 0 Å². The maximum Gasteiger partial charge on any atom is 0.170 e. The van der Waals surface area contributed by atoms with Crippen molar-refractivity contribution in [2.75, 3.05) is 6.54 Å². The van der Waals surface area contributed by atoms with Gasteiger partial charge in [-0.15, -0.1) is 0 Å². The van der Waals surface area contributed by atoms with Crippen LogP contribution in [0, 0.1) is 5.82 Å². The molecule has 0 aliphatic heterocycles. The van der Waals surface area contributed by atoms with E-state index in [1.54, 1.807) is 12.1 Å². The molecule has 0 saturated heterocycles. The van der Waals surface area contributed by atoms with E-state index in [-0.39, 0.29) is 11.9 Å². The van der Waals surface area contributed by atoms with Gasteiger partial charge in [-0.25, -0.2) is 4.39 Å². The van der Waals surface area contributed by atoms with E-state index < -0.39 is 5.82 Å². The van der Waals surface area contributed by atoms with Crippen molar-refractivity contribution in [3.05, 3.63) is 35.1 Å². The van der Waals surface area contributed by atoms with Gasteiger partial charge in [0.2, 0.25) is 0 Å². The second-order valence-corrected chi connectivity index (χ2v) is 4.32. The van der Waals surface area contributed by atoms with Crippen LogP contribution in [0.3, 0.4) is 0 Å². The summed E-state index contributed by atoms with van der Waals surface area (Å²) < 4.78 is 13.7. The van der Waals surface area contributed by atoms with Gasteiger partial charge < -0.3 is 21.4 Å². The van der Waals surface area contributed by atoms with Gasteiger partial charge in [0.05, 0.1) is 6.10 Å². The third-order valence-electron chi connectivity index (χ3n) is 2.90. The average Bonchev–Trinajstić information content (AvgIpc) is 2.43. The van der Waals surface area contributed by atoms with Crippen LogP contribution in [0.25, 0.3) is 0 Å². The lowest BCUT2D eigenvalue weighted by Gasteiger charge is -2.10. The first-order valence-electron chi connectivity index (χ1n) is 6.23. The second kappa shape index (κ2) is 7.70. The molecule has 1 aromatic carbocycles. The zero-order valence-electron chi connectivity index (χ0n) is 10.9. The summed E-state index contributed by atoms with van der Waals surface area (Å²) in [6, 6.07) is 4.41. The first-order valence-corrected chi connectivity index (χ1v) is 6.23. The van der Waals surface area contributed by atoms with Crippen molar-refractivity contribution < 1.29 is 14.7 Å². The largest absolute Gasteiger partial charge is 0.409 e. The number of nitrogens with one attached hydrogen (secondary N) is 1. The molecule has 0 radical (unpaired) electrons. The van der Waals surface area contributed by atoms with E-state index in [9.17, 15) is 9.50 Å². The van der Waals surface area contributed by atoms with Gasteiger partial charge in [-0.2, -0.15) is 0 Å². The monoisotopic (exact) mass is 269 g/mol. The SMILES string of the molecule is CCC(O)CCNCc1ccc(/C(N)=N/O)cc1F. The van der Waals surface area contributed by atoms with E-state index in [0.29, 0.717) is 37.1 Å². The molecule has 1 unspecified atom stereocenters. The molecule has 5 N–H and O–H groups in total. The van der Waals surface area contributed by atoms with Crippen LogP contribution in [-0.4, -0.2) is 28.8 Å². The van der Waals surface area contributed by atoms with Crippen LogP contribution in [-0.2, 0) is 6.54 Å². The highest BCUT2D eigenvalue weighted by Crippen LogP contribution is 2.10. The molecule has 0 aromatic heterocycles. The van der Waals surface area contributed by atoms with Crippen LogP contribution in [0.1, 0.15) is 30.9 Å². The third kappa shape index (κ3) is 4.84. The molecule has 0 heterocycles. The number of amidine groups is 1. The molecule has 0 fully saturated rings. The number of halogens is 1. The average molecular weight is 269 g/mol. The quantitative estimate of drug-likeness (QED) is 0.197. The summed E-state index contributed by atoms with van der Waals surface area (Å²) >= 11 is 0. The van der Waals surface area contributed by atoms with E-state index in [4.69, 9.17) is 10.9 Å². The fraction of sp³-hybridized carbons (Fsp3) is 0.462. The van der Waals surface area contributed by atoms with Crippen molar-refractivity contribution >= 4 is 5.84 Å². The van der Waals surface area contributed by atoms with Crippen molar-refractivity contribution in [1.82, 2.24) is 5.32 Å². The van der Waals surface area contributed by atoms with Crippen molar-refractivity contribution in [3.8, 4) is 0 Å². The first kappa shape index (κ1) is 15.4. The number of nitrogens with zero attached hydrogens (tertiary/aromatic N) is 1. The fourth-order valence-electron chi connectivity index (χ4n) is 1.60. The van der Waals surface area contributed by atoms with Crippen LogP contribution in [0.4, 0.5) is 4.39 Å². The number of hydrogen-bond acceptors (Lipinski definition) is 4. The molecule has 0 spiro atoms. The maximum atomic E-state index is 13.7. The molecule has 1 rings (SSSR count). The molecule has 106 valence electrons. The minimum Gasteiger partial charge on any atom is -0.409 e.